The number of nitro benzene ring substituents is 1. The quantitative estimate of drug-likeness (QED) is 0.484. The van der Waals surface area contributed by atoms with E-state index < -0.39 is 10.5 Å². The molecule has 0 bridgehead atoms. The zero-order chi connectivity index (χ0) is 14.0. The predicted octanol–water partition coefficient (Wildman–Crippen LogP) is 1.92. The molecule has 2 rings (SSSR count). The van der Waals surface area contributed by atoms with Gasteiger partial charge in [0.1, 0.15) is 5.69 Å². The molecule has 19 heavy (non-hydrogen) atoms. The van der Waals surface area contributed by atoms with Gasteiger partial charge in [0.25, 0.3) is 5.69 Å². The topological polar surface area (TPSA) is 92.6 Å². The van der Waals surface area contributed by atoms with Crippen LogP contribution in [0.15, 0.2) is 18.2 Å². The molecule has 1 atom stereocenters. The largest absolute Gasteiger partial charge is 0.393 e. The summed E-state index contributed by atoms with van der Waals surface area (Å²) in [5, 5.41) is 20.8. The van der Waals surface area contributed by atoms with E-state index in [1.54, 1.807) is 12.1 Å². The van der Waals surface area contributed by atoms with Crippen LogP contribution < -0.4 is 10.6 Å². The van der Waals surface area contributed by atoms with E-state index in [2.05, 4.69) is 4.90 Å². The molecule has 1 fully saturated rings. The monoisotopic (exact) mass is 265 g/mol. The van der Waals surface area contributed by atoms with Gasteiger partial charge in [0.05, 0.1) is 10.5 Å². The Morgan fingerprint density at radius 3 is 2.79 bits per heavy atom. The van der Waals surface area contributed by atoms with E-state index in [1.807, 2.05) is 6.92 Å². The number of rotatable bonds is 2. The SMILES string of the molecule is CC1(O)CCCN(c2ccc([N+](=O)[O-])c(N)c2)CC1. The van der Waals surface area contributed by atoms with Gasteiger partial charge in [0.2, 0.25) is 0 Å². The van der Waals surface area contributed by atoms with Crippen LogP contribution in [-0.2, 0) is 0 Å². The highest BCUT2D eigenvalue weighted by Crippen LogP contribution is 2.30. The van der Waals surface area contributed by atoms with E-state index in [-0.39, 0.29) is 11.4 Å². The number of nitrogens with two attached hydrogens (primary N) is 1. The van der Waals surface area contributed by atoms with Crippen molar-refractivity contribution in [3.8, 4) is 0 Å². The van der Waals surface area contributed by atoms with E-state index in [1.165, 1.54) is 6.07 Å². The number of hydrogen-bond acceptors (Lipinski definition) is 5. The van der Waals surface area contributed by atoms with Crippen molar-refractivity contribution in [2.45, 2.75) is 31.8 Å². The van der Waals surface area contributed by atoms with Gasteiger partial charge >= 0.3 is 0 Å². The van der Waals surface area contributed by atoms with E-state index >= 15 is 0 Å². The molecule has 1 saturated heterocycles. The molecule has 0 radical (unpaired) electrons. The molecule has 1 unspecified atom stereocenters. The van der Waals surface area contributed by atoms with Gasteiger partial charge in [0.15, 0.2) is 0 Å². The molecular weight excluding hydrogens is 246 g/mol. The Balaban J connectivity index is 2.18. The van der Waals surface area contributed by atoms with Crippen LogP contribution in [0.25, 0.3) is 0 Å². The van der Waals surface area contributed by atoms with Crippen molar-refractivity contribution in [3.63, 3.8) is 0 Å². The van der Waals surface area contributed by atoms with Gasteiger partial charge < -0.3 is 15.7 Å². The fourth-order valence-corrected chi connectivity index (χ4v) is 2.43. The number of nitro groups is 1. The zero-order valence-corrected chi connectivity index (χ0v) is 11.0. The lowest BCUT2D eigenvalue weighted by Gasteiger charge is -2.24. The maximum Gasteiger partial charge on any atom is 0.292 e. The van der Waals surface area contributed by atoms with E-state index in [9.17, 15) is 15.2 Å². The molecule has 0 aromatic heterocycles. The van der Waals surface area contributed by atoms with Gasteiger partial charge in [-0.15, -0.1) is 0 Å². The lowest BCUT2D eigenvalue weighted by Crippen LogP contribution is -2.28. The number of nitrogen functional groups attached to an aromatic ring is 1. The lowest BCUT2D eigenvalue weighted by atomic mass is 9.98. The van der Waals surface area contributed by atoms with Crippen LogP contribution in [0.2, 0.25) is 0 Å². The normalized spacial score (nSPS) is 24.0. The molecule has 1 aromatic rings. The molecule has 0 amide bonds. The second-order valence-electron chi connectivity index (χ2n) is 5.34. The first-order chi connectivity index (χ1) is 8.89. The highest BCUT2D eigenvalue weighted by molar-refractivity contribution is 5.66. The van der Waals surface area contributed by atoms with Gasteiger partial charge in [-0.3, -0.25) is 10.1 Å². The van der Waals surface area contributed by atoms with E-state index in [4.69, 9.17) is 5.73 Å². The Morgan fingerprint density at radius 2 is 2.16 bits per heavy atom. The number of anilines is 2. The Labute approximate surface area is 112 Å². The molecule has 6 heteroatoms. The molecule has 0 aliphatic carbocycles. The first kappa shape index (κ1) is 13.6. The molecule has 0 spiro atoms. The van der Waals surface area contributed by atoms with Crippen molar-refractivity contribution in [1.29, 1.82) is 0 Å². The molecule has 6 nitrogen and oxygen atoms in total. The summed E-state index contributed by atoms with van der Waals surface area (Å²) in [6.07, 6.45) is 2.35. The van der Waals surface area contributed by atoms with Crippen molar-refractivity contribution >= 4 is 17.1 Å². The van der Waals surface area contributed by atoms with Crippen molar-refractivity contribution in [1.82, 2.24) is 0 Å². The number of hydrogen-bond donors (Lipinski definition) is 2. The Hall–Kier alpha value is -1.82. The second-order valence-corrected chi connectivity index (χ2v) is 5.34. The summed E-state index contributed by atoms with van der Waals surface area (Å²) in [5.74, 6) is 0. The maximum absolute atomic E-state index is 10.7. The highest BCUT2D eigenvalue weighted by atomic mass is 16.6. The third-order valence-corrected chi connectivity index (χ3v) is 3.64. The van der Waals surface area contributed by atoms with Gasteiger partial charge in [-0.05, 0) is 38.3 Å². The molecule has 1 aromatic carbocycles. The minimum atomic E-state index is -0.624. The molecular formula is C13H19N3O3. The van der Waals surface area contributed by atoms with Crippen LogP contribution in [0, 0.1) is 10.1 Å². The van der Waals surface area contributed by atoms with Crippen molar-refractivity contribution in [2.24, 2.45) is 0 Å². The molecule has 1 aliphatic heterocycles. The fourth-order valence-electron chi connectivity index (χ4n) is 2.43. The average molecular weight is 265 g/mol. The molecule has 3 N–H and O–H groups in total. The summed E-state index contributed by atoms with van der Waals surface area (Å²) in [5.41, 5.74) is 6.07. The summed E-state index contributed by atoms with van der Waals surface area (Å²) in [4.78, 5) is 12.4. The molecule has 0 saturated carbocycles. The minimum Gasteiger partial charge on any atom is -0.393 e. The van der Waals surface area contributed by atoms with Crippen molar-refractivity contribution < 1.29 is 10.0 Å². The zero-order valence-electron chi connectivity index (χ0n) is 11.0. The third kappa shape index (κ3) is 3.14. The van der Waals surface area contributed by atoms with Gasteiger partial charge in [0, 0.05) is 24.8 Å². The van der Waals surface area contributed by atoms with E-state index in [0.29, 0.717) is 6.42 Å². The Kier molecular flexibility index (Phi) is 3.61. The second kappa shape index (κ2) is 5.05. The number of aliphatic hydroxyl groups is 1. The third-order valence-electron chi connectivity index (χ3n) is 3.64. The van der Waals surface area contributed by atoms with E-state index in [0.717, 1.165) is 31.6 Å². The van der Waals surface area contributed by atoms with Crippen molar-refractivity contribution in [3.05, 3.63) is 28.3 Å². The van der Waals surface area contributed by atoms with Crippen LogP contribution in [0.1, 0.15) is 26.2 Å². The summed E-state index contributed by atoms with van der Waals surface area (Å²) in [7, 11) is 0. The van der Waals surface area contributed by atoms with Crippen molar-refractivity contribution in [2.75, 3.05) is 23.7 Å². The first-order valence-corrected chi connectivity index (χ1v) is 6.40. The predicted molar refractivity (Wildman–Crippen MR) is 74.2 cm³/mol. The van der Waals surface area contributed by atoms with Crippen LogP contribution in [-0.4, -0.2) is 28.7 Å². The van der Waals surface area contributed by atoms with Gasteiger partial charge in [-0.25, -0.2) is 0 Å². The average Bonchev–Trinajstić information content (AvgIpc) is 2.49. The van der Waals surface area contributed by atoms with Gasteiger partial charge in [-0.2, -0.15) is 0 Å². The molecule has 104 valence electrons. The fraction of sp³-hybridized carbons (Fsp3) is 0.538. The summed E-state index contributed by atoms with van der Waals surface area (Å²) >= 11 is 0. The Bertz CT molecular complexity index is 488. The lowest BCUT2D eigenvalue weighted by molar-refractivity contribution is -0.383. The minimum absolute atomic E-state index is 0.0643. The highest BCUT2D eigenvalue weighted by Gasteiger charge is 2.25. The number of nitrogens with zero attached hydrogens (tertiary/aromatic N) is 2. The summed E-state index contributed by atoms with van der Waals surface area (Å²) in [6, 6.07) is 4.79. The smallest absolute Gasteiger partial charge is 0.292 e. The van der Waals surface area contributed by atoms with Crippen LogP contribution in [0.3, 0.4) is 0 Å². The molecule has 1 aliphatic rings. The maximum atomic E-state index is 10.7. The summed E-state index contributed by atoms with van der Waals surface area (Å²) < 4.78 is 0. The van der Waals surface area contributed by atoms with Crippen LogP contribution in [0.4, 0.5) is 17.1 Å². The Morgan fingerprint density at radius 1 is 1.42 bits per heavy atom. The first-order valence-electron chi connectivity index (χ1n) is 6.40. The number of benzene rings is 1. The molecule has 1 heterocycles. The van der Waals surface area contributed by atoms with Gasteiger partial charge in [-0.1, -0.05) is 0 Å². The standard InChI is InChI=1S/C13H19N3O3/c1-13(17)5-2-7-15(8-6-13)10-3-4-12(16(18)19)11(14)9-10/h3-4,9,17H,2,5-8,14H2,1H3. The van der Waals surface area contributed by atoms with Crippen LogP contribution >= 0.6 is 0 Å². The van der Waals surface area contributed by atoms with Crippen LogP contribution in [0.5, 0.6) is 0 Å². The summed E-state index contributed by atoms with van der Waals surface area (Å²) in [6.45, 7) is 3.40.